The summed E-state index contributed by atoms with van der Waals surface area (Å²) in [5, 5.41) is 6.53. The number of carbonyl (C=O) groups is 3. The maximum Gasteiger partial charge on any atom is 0.251 e. The van der Waals surface area contributed by atoms with Crippen LogP contribution in [0.5, 0.6) is 0 Å². The second-order valence-corrected chi connectivity index (χ2v) is 9.81. The van der Waals surface area contributed by atoms with Gasteiger partial charge in [-0.3, -0.25) is 14.4 Å². The quantitative estimate of drug-likeness (QED) is 0.604. The molecule has 0 spiro atoms. The van der Waals surface area contributed by atoms with Crippen LogP contribution in [-0.4, -0.2) is 56.0 Å². The van der Waals surface area contributed by atoms with Crippen LogP contribution in [0.2, 0.25) is 10.0 Å². The number of Topliss-reactive ketones (excluding diaryl/α,β-unsaturated/α-hetero) is 1. The van der Waals surface area contributed by atoms with Gasteiger partial charge in [0.25, 0.3) is 5.91 Å². The van der Waals surface area contributed by atoms with Crippen LogP contribution in [0.3, 0.4) is 0 Å². The van der Waals surface area contributed by atoms with Gasteiger partial charge >= 0.3 is 0 Å². The number of ketones is 1. The number of nitrogens with zero attached hydrogens (tertiary/aromatic N) is 1. The lowest BCUT2D eigenvalue weighted by Crippen LogP contribution is -2.60. The van der Waals surface area contributed by atoms with Crippen molar-refractivity contribution in [1.29, 1.82) is 0 Å². The molecule has 1 aliphatic heterocycles. The van der Waals surface area contributed by atoms with E-state index in [1.165, 1.54) is 0 Å². The molecule has 1 aliphatic carbocycles. The summed E-state index contributed by atoms with van der Waals surface area (Å²) in [5.41, 5.74) is 1.08. The minimum Gasteiger partial charge on any atom is -0.378 e. The first-order chi connectivity index (χ1) is 16.2. The molecule has 180 valence electrons. The molecular formula is C25H27Cl2N3O4. The summed E-state index contributed by atoms with van der Waals surface area (Å²) < 4.78 is 5.61. The Morgan fingerprint density at radius 3 is 2.56 bits per heavy atom. The molecule has 9 heteroatoms. The largest absolute Gasteiger partial charge is 0.378 e. The number of hydrogen-bond donors (Lipinski definition) is 2. The number of anilines is 1. The van der Waals surface area contributed by atoms with Gasteiger partial charge in [0.2, 0.25) is 5.91 Å². The first-order valence-electron chi connectivity index (χ1n) is 11.2. The van der Waals surface area contributed by atoms with E-state index in [1.807, 2.05) is 31.1 Å². The number of hydrogen-bond acceptors (Lipinski definition) is 5. The molecule has 2 aromatic rings. The minimum atomic E-state index is -1.02. The number of fused-ring (bicyclic) bond motifs is 1. The molecule has 3 atom stereocenters. The van der Waals surface area contributed by atoms with E-state index in [4.69, 9.17) is 27.9 Å². The monoisotopic (exact) mass is 503 g/mol. The zero-order valence-electron chi connectivity index (χ0n) is 19.1. The molecule has 0 radical (unpaired) electrons. The van der Waals surface area contributed by atoms with Crippen molar-refractivity contribution in [2.45, 2.75) is 43.4 Å². The summed E-state index contributed by atoms with van der Waals surface area (Å²) in [4.78, 5) is 41.1. The van der Waals surface area contributed by atoms with Gasteiger partial charge in [0.1, 0.15) is 18.2 Å². The maximum absolute atomic E-state index is 13.4. The molecule has 34 heavy (non-hydrogen) atoms. The molecule has 0 bridgehead atoms. The zero-order valence-corrected chi connectivity index (χ0v) is 20.6. The topological polar surface area (TPSA) is 87.7 Å². The van der Waals surface area contributed by atoms with Crippen molar-refractivity contribution in [2.24, 2.45) is 0 Å². The van der Waals surface area contributed by atoms with Crippen LogP contribution >= 0.6 is 23.2 Å². The van der Waals surface area contributed by atoms with Crippen LogP contribution in [0.1, 0.15) is 35.2 Å². The van der Waals surface area contributed by atoms with E-state index in [2.05, 4.69) is 10.6 Å². The number of nitrogens with one attached hydrogen (secondary N) is 2. The van der Waals surface area contributed by atoms with Crippen LogP contribution in [0.25, 0.3) is 0 Å². The molecule has 3 unspecified atom stereocenters. The lowest BCUT2D eigenvalue weighted by Gasteiger charge is -2.30. The van der Waals surface area contributed by atoms with Gasteiger partial charge in [0, 0.05) is 31.8 Å². The van der Waals surface area contributed by atoms with Gasteiger partial charge in [0.15, 0.2) is 5.78 Å². The standard InChI is InChI=1S/C25H27Cl2N3O4/c1-30(2)17-8-6-16(7-9-17)23(32)28-20(13-15-5-10-18(26)19(27)12-15)24(33)29-25-11-3-4-22(25)34-14-21(25)31/h5-10,12,20,22H,3-4,11,13-14H2,1-2H3,(H,28,32)(H,29,33). The summed E-state index contributed by atoms with van der Waals surface area (Å²) in [5.74, 6) is -0.947. The molecule has 2 fully saturated rings. The highest BCUT2D eigenvalue weighted by atomic mass is 35.5. The van der Waals surface area contributed by atoms with Crippen molar-refractivity contribution in [2.75, 3.05) is 25.6 Å². The third-order valence-corrected chi connectivity index (χ3v) is 7.28. The zero-order chi connectivity index (χ0) is 24.5. The summed E-state index contributed by atoms with van der Waals surface area (Å²) >= 11 is 12.2. The van der Waals surface area contributed by atoms with E-state index in [1.54, 1.807) is 30.3 Å². The number of benzene rings is 2. The molecule has 0 aromatic heterocycles. The summed E-state index contributed by atoms with van der Waals surface area (Å²) in [6, 6.07) is 11.2. The fourth-order valence-corrected chi connectivity index (χ4v) is 4.93. The Bertz CT molecular complexity index is 1110. The van der Waals surface area contributed by atoms with Crippen LogP contribution in [-0.2, 0) is 20.7 Å². The SMILES string of the molecule is CN(C)c1ccc(C(=O)NC(Cc2ccc(Cl)c(Cl)c2)C(=O)NC23CCCC2OCC3=O)cc1. The predicted molar refractivity (Wildman–Crippen MR) is 132 cm³/mol. The Morgan fingerprint density at radius 2 is 1.88 bits per heavy atom. The maximum atomic E-state index is 13.4. The van der Waals surface area contributed by atoms with Gasteiger partial charge < -0.3 is 20.3 Å². The van der Waals surface area contributed by atoms with Crippen molar-refractivity contribution in [3.05, 3.63) is 63.6 Å². The van der Waals surface area contributed by atoms with Crippen molar-refractivity contribution in [1.82, 2.24) is 10.6 Å². The number of amides is 2. The fraction of sp³-hybridized carbons (Fsp3) is 0.400. The third kappa shape index (κ3) is 4.92. The van der Waals surface area contributed by atoms with Crippen molar-refractivity contribution < 1.29 is 19.1 Å². The molecule has 4 rings (SSSR count). The Kier molecular flexibility index (Phi) is 7.17. The van der Waals surface area contributed by atoms with Gasteiger partial charge in [-0.05, 0) is 61.2 Å². The van der Waals surface area contributed by atoms with Crippen molar-refractivity contribution in [3.63, 3.8) is 0 Å². The summed E-state index contributed by atoms with van der Waals surface area (Å²) in [6.07, 6.45) is 1.89. The van der Waals surface area contributed by atoms with Crippen LogP contribution < -0.4 is 15.5 Å². The number of rotatable bonds is 7. The first-order valence-corrected chi connectivity index (χ1v) is 11.9. The lowest BCUT2D eigenvalue weighted by molar-refractivity contribution is -0.131. The van der Waals surface area contributed by atoms with E-state index in [0.29, 0.717) is 28.5 Å². The van der Waals surface area contributed by atoms with Crippen LogP contribution in [0.4, 0.5) is 5.69 Å². The van der Waals surface area contributed by atoms with E-state index < -0.39 is 17.5 Å². The van der Waals surface area contributed by atoms with Gasteiger partial charge in [-0.1, -0.05) is 29.3 Å². The lowest BCUT2D eigenvalue weighted by atomic mass is 9.91. The Hall–Kier alpha value is -2.61. The van der Waals surface area contributed by atoms with Gasteiger partial charge in [0.05, 0.1) is 16.1 Å². The molecule has 2 aromatic carbocycles. The molecular weight excluding hydrogens is 477 g/mol. The number of halogens is 2. The number of ether oxygens (including phenoxy) is 1. The fourth-order valence-electron chi connectivity index (χ4n) is 4.61. The van der Waals surface area contributed by atoms with Crippen molar-refractivity contribution in [3.8, 4) is 0 Å². The molecule has 2 N–H and O–H groups in total. The number of carbonyl (C=O) groups excluding carboxylic acids is 3. The normalized spacial score (nSPS) is 22.2. The minimum absolute atomic E-state index is 0.00696. The van der Waals surface area contributed by atoms with Crippen molar-refractivity contribution >= 4 is 46.5 Å². The second kappa shape index (κ2) is 9.94. The van der Waals surface area contributed by atoms with E-state index in [-0.39, 0.29) is 30.8 Å². The molecule has 2 aliphatic rings. The van der Waals surface area contributed by atoms with Crippen LogP contribution in [0, 0.1) is 0 Å². The molecule has 7 nitrogen and oxygen atoms in total. The Morgan fingerprint density at radius 1 is 1.15 bits per heavy atom. The first kappa shape index (κ1) is 24.5. The average molecular weight is 504 g/mol. The molecule has 1 saturated carbocycles. The van der Waals surface area contributed by atoms with E-state index in [0.717, 1.165) is 17.7 Å². The molecule has 2 amide bonds. The van der Waals surface area contributed by atoms with E-state index in [9.17, 15) is 14.4 Å². The van der Waals surface area contributed by atoms with E-state index >= 15 is 0 Å². The summed E-state index contributed by atoms with van der Waals surface area (Å²) in [6.45, 7) is -0.00696. The van der Waals surface area contributed by atoms with Gasteiger partial charge in [-0.25, -0.2) is 0 Å². The van der Waals surface area contributed by atoms with Gasteiger partial charge in [-0.2, -0.15) is 0 Å². The Balaban J connectivity index is 1.57. The van der Waals surface area contributed by atoms with Crippen LogP contribution in [0.15, 0.2) is 42.5 Å². The highest BCUT2D eigenvalue weighted by Crippen LogP contribution is 2.38. The predicted octanol–water partition coefficient (Wildman–Crippen LogP) is 3.41. The summed E-state index contributed by atoms with van der Waals surface area (Å²) in [7, 11) is 3.83. The smallest absolute Gasteiger partial charge is 0.251 e. The highest BCUT2D eigenvalue weighted by Gasteiger charge is 2.55. The average Bonchev–Trinajstić information content (AvgIpc) is 3.35. The molecule has 1 heterocycles. The molecule has 1 saturated heterocycles. The second-order valence-electron chi connectivity index (χ2n) is 9.00. The van der Waals surface area contributed by atoms with Gasteiger partial charge in [-0.15, -0.1) is 0 Å². The Labute approximate surface area is 208 Å². The highest BCUT2D eigenvalue weighted by molar-refractivity contribution is 6.42. The third-order valence-electron chi connectivity index (χ3n) is 6.54.